The zero-order valence-electron chi connectivity index (χ0n) is 12.9. The first-order valence-electron chi connectivity index (χ1n) is 7.16. The van der Waals surface area contributed by atoms with Crippen molar-refractivity contribution in [3.8, 4) is 5.69 Å². The Bertz CT molecular complexity index is 607. The highest BCUT2D eigenvalue weighted by Crippen LogP contribution is 2.12. The molecule has 0 aliphatic heterocycles. The van der Waals surface area contributed by atoms with Gasteiger partial charge < -0.3 is 14.7 Å². The van der Waals surface area contributed by atoms with Gasteiger partial charge in [0.1, 0.15) is 0 Å². The molecule has 1 aromatic carbocycles. The minimum Gasteiger partial charge on any atom is -0.395 e. The fourth-order valence-corrected chi connectivity index (χ4v) is 2.13. The van der Waals surface area contributed by atoms with Crippen LogP contribution in [-0.4, -0.2) is 59.1 Å². The van der Waals surface area contributed by atoms with Crippen molar-refractivity contribution in [2.75, 3.05) is 33.4 Å². The Hall–Kier alpha value is -2.18. The lowest BCUT2D eigenvalue weighted by Gasteiger charge is -2.21. The summed E-state index contributed by atoms with van der Waals surface area (Å²) in [5, 5.41) is 13.3. The van der Waals surface area contributed by atoms with Crippen LogP contribution < -0.4 is 0 Å². The van der Waals surface area contributed by atoms with Gasteiger partial charge in [-0.2, -0.15) is 5.10 Å². The number of carbonyl (C=O) groups is 1. The third-order valence-corrected chi connectivity index (χ3v) is 3.31. The number of methoxy groups -OCH3 is 1. The van der Waals surface area contributed by atoms with E-state index < -0.39 is 0 Å². The molecule has 118 valence electrons. The van der Waals surface area contributed by atoms with E-state index >= 15 is 0 Å². The quantitative estimate of drug-likeness (QED) is 0.836. The number of ether oxygens (including phenoxy) is 1. The molecular weight excluding hydrogens is 282 g/mol. The summed E-state index contributed by atoms with van der Waals surface area (Å²) in [6, 6.07) is 7.25. The molecule has 0 bridgehead atoms. The summed E-state index contributed by atoms with van der Waals surface area (Å²) in [6.45, 7) is 3.10. The second-order valence-electron chi connectivity index (χ2n) is 5.02. The summed E-state index contributed by atoms with van der Waals surface area (Å²) < 4.78 is 6.76. The van der Waals surface area contributed by atoms with Gasteiger partial charge in [-0.25, -0.2) is 4.68 Å². The molecule has 0 atom stereocenters. The van der Waals surface area contributed by atoms with Crippen molar-refractivity contribution in [1.29, 1.82) is 0 Å². The lowest BCUT2D eigenvalue weighted by atomic mass is 10.2. The van der Waals surface area contributed by atoms with E-state index in [0.717, 1.165) is 11.3 Å². The number of aromatic nitrogens is 2. The van der Waals surface area contributed by atoms with E-state index in [0.29, 0.717) is 25.3 Å². The molecular formula is C16H21N3O3. The molecule has 2 aromatic rings. The van der Waals surface area contributed by atoms with Crippen LogP contribution in [0.15, 0.2) is 36.7 Å². The van der Waals surface area contributed by atoms with Crippen molar-refractivity contribution < 1.29 is 14.6 Å². The van der Waals surface area contributed by atoms with Crippen LogP contribution in [0.25, 0.3) is 5.69 Å². The molecule has 0 aliphatic rings. The van der Waals surface area contributed by atoms with Crippen molar-refractivity contribution in [2.24, 2.45) is 0 Å². The van der Waals surface area contributed by atoms with E-state index in [1.54, 1.807) is 35.0 Å². The van der Waals surface area contributed by atoms with E-state index in [9.17, 15) is 4.79 Å². The number of rotatable bonds is 7. The van der Waals surface area contributed by atoms with E-state index in [4.69, 9.17) is 9.84 Å². The molecule has 0 radical (unpaired) electrons. The first kappa shape index (κ1) is 16.2. The average molecular weight is 303 g/mol. The SMILES string of the molecule is COCCN(CCO)C(=O)c1ccc(-n2cc(C)cn2)cc1. The van der Waals surface area contributed by atoms with Crippen LogP contribution in [0.4, 0.5) is 0 Å². The Morgan fingerprint density at radius 2 is 2.05 bits per heavy atom. The molecule has 0 fully saturated rings. The Morgan fingerprint density at radius 1 is 1.32 bits per heavy atom. The number of hydrogen-bond donors (Lipinski definition) is 1. The zero-order valence-corrected chi connectivity index (χ0v) is 12.9. The van der Waals surface area contributed by atoms with Crippen LogP contribution in [-0.2, 0) is 4.74 Å². The second kappa shape index (κ2) is 7.72. The molecule has 0 saturated carbocycles. The van der Waals surface area contributed by atoms with Crippen molar-refractivity contribution in [3.63, 3.8) is 0 Å². The first-order chi connectivity index (χ1) is 10.7. The number of benzene rings is 1. The van der Waals surface area contributed by atoms with Gasteiger partial charge in [0.15, 0.2) is 0 Å². The number of hydrogen-bond acceptors (Lipinski definition) is 4. The smallest absolute Gasteiger partial charge is 0.254 e. The summed E-state index contributed by atoms with van der Waals surface area (Å²) >= 11 is 0. The van der Waals surface area contributed by atoms with Gasteiger partial charge >= 0.3 is 0 Å². The summed E-state index contributed by atoms with van der Waals surface area (Å²) in [7, 11) is 1.59. The van der Waals surface area contributed by atoms with Crippen molar-refractivity contribution in [1.82, 2.24) is 14.7 Å². The highest BCUT2D eigenvalue weighted by atomic mass is 16.5. The number of aryl methyl sites for hydroxylation is 1. The third kappa shape index (κ3) is 3.93. The number of nitrogens with zero attached hydrogens (tertiary/aromatic N) is 3. The zero-order chi connectivity index (χ0) is 15.9. The summed E-state index contributed by atoms with van der Waals surface area (Å²) in [5.74, 6) is -0.116. The van der Waals surface area contributed by atoms with Gasteiger partial charge in [-0.15, -0.1) is 0 Å². The van der Waals surface area contributed by atoms with Crippen LogP contribution >= 0.6 is 0 Å². The van der Waals surface area contributed by atoms with E-state index in [1.807, 2.05) is 25.3 Å². The maximum Gasteiger partial charge on any atom is 0.254 e. The predicted octanol–water partition coefficient (Wildman–Crippen LogP) is 1.26. The van der Waals surface area contributed by atoms with E-state index in [1.165, 1.54) is 0 Å². The minimum atomic E-state index is -0.116. The number of amides is 1. The fourth-order valence-electron chi connectivity index (χ4n) is 2.13. The summed E-state index contributed by atoms with van der Waals surface area (Å²) in [4.78, 5) is 14.0. The topological polar surface area (TPSA) is 67.6 Å². The normalized spacial score (nSPS) is 10.7. The van der Waals surface area contributed by atoms with Crippen LogP contribution in [0.3, 0.4) is 0 Å². The maximum atomic E-state index is 12.4. The van der Waals surface area contributed by atoms with Gasteiger partial charge in [-0.3, -0.25) is 4.79 Å². The molecule has 1 amide bonds. The third-order valence-electron chi connectivity index (χ3n) is 3.31. The molecule has 6 heteroatoms. The van der Waals surface area contributed by atoms with Crippen molar-refractivity contribution in [2.45, 2.75) is 6.92 Å². The Morgan fingerprint density at radius 3 is 2.59 bits per heavy atom. The van der Waals surface area contributed by atoms with Gasteiger partial charge in [0.25, 0.3) is 5.91 Å². The molecule has 1 heterocycles. The van der Waals surface area contributed by atoms with Crippen molar-refractivity contribution in [3.05, 3.63) is 47.8 Å². The van der Waals surface area contributed by atoms with Crippen LogP contribution in [0.1, 0.15) is 15.9 Å². The number of carbonyl (C=O) groups excluding carboxylic acids is 1. The molecule has 2 rings (SSSR count). The predicted molar refractivity (Wildman–Crippen MR) is 83.2 cm³/mol. The largest absolute Gasteiger partial charge is 0.395 e. The summed E-state index contributed by atoms with van der Waals surface area (Å²) in [5.41, 5.74) is 2.56. The van der Waals surface area contributed by atoms with Crippen LogP contribution in [0.2, 0.25) is 0 Å². The molecule has 1 aromatic heterocycles. The van der Waals surface area contributed by atoms with Gasteiger partial charge in [-0.1, -0.05) is 0 Å². The lowest BCUT2D eigenvalue weighted by molar-refractivity contribution is 0.0656. The van der Waals surface area contributed by atoms with Gasteiger partial charge in [0, 0.05) is 32.0 Å². The molecule has 0 aliphatic carbocycles. The maximum absolute atomic E-state index is 12.4. The standard InChI is InChI=1S/C16H21N3O3/c1-13-11-17-19(12-13)15-5-3-14(4-6-15)16(21)18(7-9-20)8-10-22-2/h3-6,11-12,20H,7-10H2,1-2H3. The lowest BCUT2D eigenvalue weighted by Crippen LogP contribution is -2.36. The number of aliphatic hydroxyl groups is 1. The second-order valence-corrected chi connectivity index (χ2v) is 5.02. The Labute approximate surface area is 129 Å². The van der Waals surface area contributed by atoms with Gasteiger partial charge in [0.05, 0.1) is 25.1 Å². The molecule has 6 nitrogen and oxygen atoms in total. The monoisotopic (exact) mass is 303 g/mol. The van der Waals surface area contributed by atoms with Crippen LogP contribution in [0.5, 0.6) is 0 Å². The van der Waals surface area contributed by atoms with E-state index in [-0.39, 0.29) is 12.5 Å². The summed E-state index contributed by atoms with van der Waals surface area (Å²) in [6.07, 6.45) is 3.71. The molecule has 0 spiro atoms. The molecule has 0 unspecified atom stereocenters. The molecule has 1 N–H and O–H groups in total. The van der Waals surface area contributed by atoms with Crippen LogP contribution in [0, 0.1) is 6.92 Å². The van der Waals surface area contributed by atoms with Gasteiger partial charge in [-0.05, 0) is 36.8 Å². The first-order valence-corrected chi connectivity index (χ1v) is 7.16. The van der Waals surface area contributed by atoms with Crippen molar-refractivity contribution >= 4 is 5.91 Å². The fraction of sp³-hybridized carbons (Fsp3) is 0.375. The minimum absolute atomic E-state index is 0.0693. The Balaban J connectivity index is 2.12. The highest BCUT2D eigenvalue weighted by Gasteiger charge is 2.15. The molecule has 22 heavy (non-hydrogen) atoms. The van der Waals surface area contributed by atoms with Gasteiger partial charge in [0.2, 0.25) is 0 Å². The Kier molecular flexibility index (Phi) is 5.68. The number of aliphatic hydroxyl groups excluding tert-OH is 1. The van der Waals surface area contributed by atoms with E-state index in [2.05, 4.69) is 5.10 Å². The average Bonchev–Trinajstić information content (AvgIpc) is 2.97. The molecule has 0 saturated heterocycles. The highest BCUT2D eigenvalue weighted by molar-refractivity contribution is 5.94.